The quantitative estimate of drug-likeness (QED) is 0.382. The number of carbonyl (C=O) groups is 1. The second-order valence-electron chi connectivity index (χ2n) is 7.51. The van der Waals surface area contributed by atoms with Crippen molar-refractivity contribution in [3.8, 4) is 0 Å². The van der Waals surface area contributed by atoms with Crippen LogP contribution in [0, 0.1) is 5.82 Å². The van der Waals surface area contributed by atoms with Gasteiger partial charge in [0.25, 0.3) is 0 Å². The average Bonchev–Trinajstić information content (AvgIpc) is 3.37. The van der Waals surface area contributed by atoms with E-state index in [0.717, 1.165) is 24.5 Å². The minimum atomic E-state index is -4.48. The molecule has 0 radical (unpaired) electrons. The molecule has 5 N–H and O–H groups in total. The fourth-order valence-corrected chi connectivity index (χ4v) is 3.36. The van der Waals surface area contributed by atoms with Crippen molar-refractivity contribution in [2.75, 3.05) is 5.73 Å². The zero-order valence-electron chi connectivity index (χ0n) is 17.4. The van der Waals surface area contributed by atoms with E-state index in [2.05, 4.69) is 10.1 Å². The van der Waals surface area contributed by atoms with Crippen LogP contribution in [0.5, 0.6) is 0 Å². The first-order valence-electron chi connectivity index (χ1n) is 9.46. The van der Waals surface area contributed by atoms with Gasteiger partial charge >= 0.3 is 18.7 Å². The van der Waals surface area contributed by atoms with Gasteiger partial charge in [0, 0.05) is 23.6 Å². The Labute approximate surface area is 188 Å². The van der Waals surface area contributed by atoms with Gasteiger partial charge in [-0.1, -0.05) is 0 Å². The first-order valence-corrected chi connectivity index (χ1v) is 9.46. The molecule has 34 heavy (non-hydrogen) atoms. The lowest BCUT2D eigenvalue weighted by Gasteiger charge is -2.32. The molecular weight excluding hydrogens is 470 g/mol. The van der Waals surface area contributed by atoms with E-state index in [1.54, 1.807) is 6.92 Å². The molecule has 1 aromatic carbocycles. The van der Waals surface area contributed by atoms with Gasteiger partial charge < -0.3 is 21.1 Å². The lowest BCUT2D eigenvalue weighted by molar-refractivity contribution is -0.137. The minimum Gasteiger partial charge on any atom is -0.476 e. The molecule has 14 heteroatoms. The molecule has 4 rings (SSSR count). The third-order valence-corrected chi connectivity index (χ3v) is 4.93. The number of hydrogen-bond donors (Lipinski definition) is 3. The Hall–Kier alpha value is -3.97. The molecule has 0 aliphatic carbocycles. The SMILES string of the molecule is CC1(c2cc(N)ccc2F)Cn2cc(C(F)(F)F)cc2C(N)=N1.O=C(O)c1ccn(C(F)F)n1. The van der Waals surface area contributed by atoms with Crippen LogP contribution in [0.2, 0.25) is 0 Å². The lowest BCUT2D eigenvalue weighted by atomic mass is 9.90. The van der Waals surface area contributed by atoms with Crippen LogP contribution in [0.3, 0.4) is 0 Å². The topological polar surface area (TPSA) is 124 Å². The van der Waals surface area contributed by atoms with Crippen LogP contribution >= 0.6 is 0 Å². The standard InChI is InChI=1S/C15H14F4N4.C5H4F2N2O2/c1-14(10-5-9(20)2-3-11(10)16)7-23-6-8(15(17,18)19)4-12(23)13(21)22-14;6-5(7)9-2-1-3(8-9)4(10)11/h2-6H,7,20H2,1H3,(H2,21,22);1-2,5H,(H,10,11). The third kappa shape index (κ3) is 5.00. The van der Waals surface area contributed by atoms with Gasteiger partial charge in [0.2, 0.25) is 0 Å². The third-order valence-electron chi connectivity index (χ3n) is 4.93. The molecule has 3 aromatic rings. The van der Waals surface area contributed by atoms with Gasteiger partial charge in [-0.2, -0.15) is 27.1 Å². The molecule has 2 aromatic heterocycles. The number of amidine groups is 1. The average molecular weight is 488 g/mol. The molecule has 1 atom stereocenters. The predicted octanol–water partition coefficient (Wildman–Crippen LogP) is 3.84. The van der Waals surface area contributed by atoms with Gasteiger partial charge in [0.05, 0.1) is 17.8 Å². The number of aliphatic imine (C=N–C) groups is 1. The number of nitrogen functional groups attached to an aromatic ring is 1. The molecular formula is C20H18F6N6O2. The summed E-state index contributed by atoms with van der Waals surface area (Å²) in [5.74, 6) is -1.93. The molecule has 8 nitrogen and oxygen atoms in total. The van der Waals surface area contributed by atoms with E-state index in [9.17, 15) is 31.1 Å². The Balaban J connectivity index is 0.000000248. The molecule has 0 fully saturated rings. The lowest BCUT2D eigenvalue weighted by Crippen LogP contribution is -2.37. The Bertz CT molecular complexity index is 1250. The summed E-state index contributed by atoms with van der Waals surface area (Å²) in [6, 6.07) is 5.97. The van der Waals surface area contributed by atoms with Crippen molar-refractivity contribution in [2.45, 2.75) is 31.7 Å². The maximum absolute atomic E-state index is 14.1. The Morgan fingerprint density at radius 2 is 1.88 bits per heavy atom. The number of hydrogen-bond acceptors (Lipinski definition) is 5. The number of nitrogens with zero attached hydrogens (tertiary/aromatic N) is 4. The number of halogens is 6. The highest BCUT2D eigenvalue weighted by molar-refractivity contribution is 5.97. The Kier molecular flexibility index (Phi) is 6.35. The van der Waals surface area contributed by atoms with Crippen molar-refractivity contribution in [3.63, 3.8) is 0 Å². The Morgan fingerprint density at radius 1 is 1.21 bits per heavy atom. The monoisotopic (exact) mass is 488 g/mol. The maximum atomic E-state index is 14.1. The number of aromatic nitrogens is 3. The number of carboxylic acids is 1. The van der Waals surface area contributed by atoms with E-state index in [1.807, 2.05) is 0 Å². The van der Waals surface area contributed by atoms with E-state index in [4.69, 9.17) is 16.6 Å². The molecule has 0 spiro atoms. The number of nitrogens with two attached hydrogens (primary N) is 2. The summed E-state index contributed by atoms with van der Waals surface area (Å²) in [5, 5.41) is 11.3. The summed E-state index contributed by atoms with van der Waals surface area (Å²) in [4.78, 5) is 14.3. The molecule has 0 saturated heterocycles. The van der Waals surface area contributed by atoms with Gasteiger partial charge in [-0.3, -0.25) is 4.99 Å². The van der Waals surface area contributed by atoms with Crippen LogP contribution in [0.4, 0.5) is 32.0 Å². The number of benzene rings is 1. The van der Waals surface area contributed by atoms with Gasteiger partial charge in [0.15, 0.2) is 5.69 Å². The van der Waals surface area contributed by atoms with Crippen LogP contribution in [-0.4, -0.2) is 31.3 Å². The number of rotatable bonds is 3. The molecule has 0 saturated carbocycles. The molecule has 1 aliphatic rings. The van der Waals surface area contributed by atoms with E-state index < -0.39 is 35.6 Å². The summed E-state index contributed by atoms with van der Waals surface area (Å²) in [5.41, 5.74) is 9.85. The van der Waals surface area contributed by atoms with E-state index in [1.165, 1.54) is 22.8 Å². The predicted molar refractivity (Wildman–Crippen MR) is 109 cm³/mol. The van der Waals surface area contributed by atoms with E-state index in [-0.39, 0.29) is 34.0 Å². The smallest absolute Gasteiger partial charge is 0.417 e. The van der Waals surface area contributed by atoms with Crippen molar-refractivity contribution < 1.29 is 36.2 Å². The molecule has 3 heterocycles. The van der Waals surface area contributed by atoms with Gasteiger partial charge in [-0.25, -0.2) is 13.9 Å². The number of carboxylic acid groups (broad SMARTS) is 1. The van der Waals surface area contributed by atoms with Crippen molar-refractivity contribution in [3.05, 3.63) is 71.1 Å². The summed E-state index contributed by atoms with van der Waals surface area (Å²) < 4.78 is 77.9. The van der Waals surface area contributed by atoms with Gasteiger partial charge in [-0.15, -0.1) is 0 Å². The number of anilines is 1. The van der Waals surface area contributed by atoms with Crippen LogP contribution in [0.15, 0.2) is 47.7 Å². The summed E-state index contributed by atoms with van der Waals surface area (Å²) in [7, 11) is 0. The van der Waals surface area contributed by atoms with E-state index in [0.29, 0.717) is 5.69 Å². The molecule has 1 aliphatic heterocycles. The summed E-state index contributed by atoms with van der Waals surface area (Å²) in [6.07, 6.45) is -2.61. The first kappa shape index (κ1) is 24.7. The molecule has 0 bridgehead atoms. The van der Waals surface area contributed by atoms with Gasteiger partial charge in [0.1, 0.15) is 17.2 Å². The molecule has 1 unspecified atom stereocenters. The zero-order valence-corrected chi connectivity index (χ0v) is 17.4. The highest BCUT2D eigenvalue weighted by Crippen LogP contribution is 2.37. The molecule has 182 valence electrons. The van der Waals surface area contributed by atoms with Crippen LogP contribution < -0.4 is 11.5 Å². The molecule has 0 amide bonds. The van der Waals surface area contributed by atoms with Crippen LogP contribution in [-0.2, 0) is 18.3 Å². The van der Waals surface area contributed by atoms with Crippen molar-refractivity contribution >= 4 is 17.5 Å². The minimum absolute atomic E-state index is 0.0273. The zero-order chi connectivity index (χ0) is 25.4. The van der Waals surface area contributed by atoms with Crippen molar-refractivity contribution in [2.24, 2.45) is 10.7 Å². The highest BCUT2D eigenvalue weighted by Gasteiger charge is 2.38. The van der Waals surface area contributed by atoms with E-state index >= 15 is 0 Å². The number of alkyl halides is 5. The highest BCUT2D eigenvalue weighted by atomic mass is 19.4. The van der Waals surface area contributed by atoms with Gasteiger partial charge in [-0.05, 0) is 37.3 Å². The normalized spacial score (nSPS) is 17.6. The summed E-state index contributed by atoms with van der Waals surface area (Å²) in [6.45, 7) is -1.16. The summed E-state index contributed by atoms with van der Waals surface area (Å²) >= 11 is 0. The number of fused-ring (bicyclic) bond motifs is 1. The van der Waals surface area contributed by atoms with Crippen LogP contribution in [0.1, 0.15) is 40.8 Å². The van der Waals surface area contributed by atoms with Crippen LogP contribution in [0.25, 0.3) is 0 Å². The maximum Gasteiger partial charge on any atom is 0.417 e. The number of aromatic carboxylic acids is 1. The fraction of sp³-hybridized carbons (Fsp3) is 0.250. The van der Waals surface area contributed by atoms with Crippen molar-refractivity contribution in [1.29, 1.82) is 0 Å². The second-order valence-corrected chi connectivity index (χ2v) is 7.51. The fourth-order valence-electron chi connectivity index (χ4n) is 3.36. The largest absolute Gasteiger partial charge is 0.476 e. The van der Waals surface area contributed by atoms with Crippen molar-refractivity contribution in [1.82, 2.24) is 14.3 Å². The Morgan fingerprint density at radius 3 is 2.41 bits per heavy atom. The second kappa shape index (κ2) is 8.76. The first-order chi connectivity index (χ1) is 15.7.